The first-order chi connectivity index (χ1) is 15.7. The van der Waals surface area contributed by atoms with E-state index in [1.165, 1.54) is 5.57 Å². The van der Waals surface area contributed by atoms with E-state index in [4.69, 9.17) is 11.6 Å². The molecule has 0 aliphatic carbocycles. The maximum absolute atomic E-state index is 13.5. The monoisotopic (exact) mass is 443 g/mol. The largest absolute Gasteiger partial charge is 0.309 e. The molecule has 32 heavy (non-hydrogen) atoms. The molecule has 4 aromatic rings. The minimum atomic E-state index is -0.0740. The zero-order chi connectivity index (χ0) is 21.9. The molecule has 2 heterocycles. The van der Waals surface area contributed by atoms with Crippen LogP contribution in [-0.2, 0) is 17.9 Å². The maximum Gasteiger partial charge on any atom is 0.249 e. The fraction of sp³-hybridized carbons (Fsp3) is 0.160. The highest BCUT2D eigenvalue weighted by atomic mass is 35.5. The van der Waals surface area contributed by atoms with Crippen molar-refractivity contribution in [3.63, 3.8) is 0 Å². The molecule has 0 unspecified atom stereocenters. The Bertz CT molecular complexity index is 1300. The average Bonchev–Trinajstić information content (AvgIpc) is 3.49. The predicted octanol–water partition coefficient (Wildman–Crippen LogP) is 4.30. The van der Waals surface area contributed by atoms with Crippen molar-refractivity contribution in [2.75, 3.05) is 18.0 Å². The molecule has 7 heteroatoms. The number of hydrogen-bond donors (Lipinski definition) is 1. The summed E-state index contributed by atoms with van der Waals surface area (Å²) in [6.07, 6.45) is 2.19. The number of rotatable bonds is 6. The summed E-state index contributed by atoms with van der Waals surface area (Å²) in [6, 6.07) is 23.3. The van der Waals surface area contributed by atoms with Gasteiger partial charge in [0.05, 0.1) is 12.1 Å². The molecule has 5 rings (SSSR count). The Kier molecular flexibility index (Phi) is 5.71. The summed E-state index contributed by atoms with van der Waals surface area (Å²) >= 11 is 6.19. The van der Waals surface area contributed by atoms with E-state index >= 15 is 0 Å². The third-order valence-electron chi connectivity index (χ3n) is 5.59. The zero-order valence-electron chi connectivity index (χ0n) is 17.4. The second-order valence-electron chi connectivity index (χ2n) is 7.75. The van der Waals surface area contributed by atoms with Gasteiger partial charge in [-0.3, -0.25) is 4.79 Å². The number of fused-ring (bicyclic) bond motifs is 1. The highest BCUT2D eigenvalue weighted by Gasteiger charge is 2.19. The zero-order valence-corrected chi connectivity index (χ0v) is 18.2. The molecule has 0 saturated carbocycles. The van der Waals surface area contributed by atoms with Gasteiger partial charge in [-0.2, -0.15) is 0 Å². The summed E-state index contributed by atoms with van der Waals surface area (Å²) in [4.78, 5) is 15.2. The first-order valence-electron chi connectivity index (χ1n) is 10.5. The topological polar surface area (TPSA) is 63.1 Å². The van der Waals surface area contributed by atoms with Crippen molar-refractivity contribution < 1.29 is 4.79 Å². The maximum atomic E-state index is 13.5. The molecule has 3 aromatic carbocycles. The van der Waals surface area contributed by atoms with Gasteiger partial charge in [0.25, 0.3) is 0 Å². The summed E-state index contributed by atoms with van der Waals surface area (Å²) in [7, 11) is 0. The van der Waals surface area contributed by atoms with Gasteiger partial charge < -0.3 is 10.2 Å². The van der Waals surface area contributed by atoms with Crippen LogP contribution in [0.15, 0.2) is 78.9 Å². The molecular weight excluding hydrogens is 422 g/mol. The van der Waals surface area contributed by atoms with Crippen LogP contribution in [0.5, 0.6) is 0 Å². The van der Waals surface area contributed by atoms with Gasteiger partial charge in [0.1, 0.15) is 12.1 Å². The number of carbonyl (C=O) groups is 1. The van der Waals surface area contributed by atoms with E-state index < -0.39 is 0 Å². The molecule has 160 valence electrons. The molecule has 0 atom stereocenters. The van der Waals surface area contributed by atoms with Gasteiger partial charge in [0.2, 0.25) is 5.91 Å². The van der Waals surface area contributed by atoms with E-state index in [2.05, 4.69) is 33.8 Å². The number of amides is 1. The van der Waals surface area contributed by atoms with Crippen molar-refractivity contribution in [3.8, 4) is 0 Å². The molecule has 0 bridgehead atoms. The van der Waals surface area contributed by atoms with E-state index in [0.29, 0.717) is 11.6 Å². The number of carbonyl (C=O) groups excluding carboxylic acids is 1. The van der Waals surface area contributed by atoms with Crippen LogP contribution in [0.25, 0.3) is 16.6 Å². The third kappa shape index (κ3) is 4.28. The Hall–Kier alpha value is -3.48. The number of hydrogen-bond acceptors (Lipinski definition) is 4. The van der Waals surface area contributed by atoms with Crippen LogP contribution in [0.1, 0.15) is 11.1 Å². The second-order valence-corrected chi connectivity index (χ2v) is 8.19. The summed E-state index contributed by atoms with van der Waals surface area (Å²) in [5, 5.41) is 12.3. The van der Waals surface area contributed by atoms with Crippen molar-refractivity contribution in [2.45, 2.75) is 13.1 Å². The van der Waals surface area contributed by atoms with Gasteiger partial charge in [0.15, 0.2) is 0 Å². The summed E-state index contributed by atoms with van der Waals surface area (Å²) in [5.41, 5.74) is 5.83. The Labute approximate surface area is 191 Å². The molecule has 1 aliphatic heterocycles. The molecule has 1 amide bonds. The molecule has 0 fully saturated rings. The summed E-state index contributed by atoms with van der Waals surface area (Å²) < 4.78 is 1.64. The lowest BCUT2D eigenvalue weighted by Gasteiger charge is -2.24. The predicted molar refractivity (Wildman–Crippen MR) is 127 cm³/mol. The number of aromatic nitrogens is 3. The van der Waals surface area contributed by atoms with E-state index in [0.717, 1.165) is 40.9 Å². The molecule has 1 aromatic heterocycles. The van der Waals surface area contributed by atoms with Crippen LogP contribution in [0.3, 0.4) is 0 Å². The Morgan fingerprint density at radius 1 is 1.06 bits per heavy atom. The highest BCUT2D eigenvalue weighted by Crippen LogP contribution is 2.24. The Morgan fingerprint density at radius 3 is 2.69 bits per heavy atom. The minimum Gasteiger partial charge on any atom is -0.309 e. The number of halogens is 1. The van der Waals surface area contributed by atoms with Crippen LogP contribution >= 0.6 is 11.6 Å². The normalized spacial score (nSPS) is 13.3. The van der Waals surface area contributed by atoms with Gasteiger partial charge in [-0.25, -0.2) is 4.68 Å². The fourth-order valence-electron chi connectivity index (χ4n) is 3.94. The van der Waals surface area contributed by atoms with Gasteiger partial charge in [-0.05, 0) is 53.1 Å². The van der Waals surface area contributed by atoms with Gasteiger partial charge in [-0.1, -0.05) is 59.3 Å². The summed E-state index contributed by atoms with van der Waals surface area (Å²) in [6.45, 7) is 2.26. The lowest BCUT2D eigenvalue weighted by atomic mass is 10.1. The van der Waals surface area contributed by atoms with Crippen LogP contribution < -0.4 is 10.2 Å². The van der Waals surface area contributed by atoms with Crippen molar-refractivity contribution >= 4 is 39.8 Å². The third-order valence-corrected chi connectivity index (χ3v) is 5.83. The van der Waals surface area contributed by atoms with Crippen molar-refractivity contribution in [3.05, 3.63) is 95.0 Å². The lowest BCUT2D eigenvalue weighted by molar-refractivity contribution is -0.119. The molecule has 0 saturated heterocycles. The van der Waals surface area contributed by atoms with Crippen molar-refractivity contribution in [2.24, 2.45) is 0 Å². The smallest absolute Gasteiger partial charge is 0.249 e. The quantitative estimate of drug-likeness (QED) is 0.482. The molecule has 0 spiro atoms. The number of nitrogens with one attached hydrogen (secondary N) is 1. The first-order valence-corrected chi connectivity index (χ1v) is 10.9. The molecule has 1 aliphatic rings. The standard InChI is InChI=1S/C25H22ClN5O/c26-21-5-3-4-18(14-21)16-30(22-10-8-19(9-11-22)20-12-13-27-15-20)25(32)17-31-24-7-2-1-6-23(24)28-29-31/h1-12,14,27H,13,15-17H2. The van der Waals surface area contributed by atoms with E-state index in [1.807, 2.05) is 60.7 Å². The highest BCUT2D eigenvalue weighted by molar-refractivity contribution is 6.30. The second kappa shape index (κ2) is 8.94. The average molecular weight is 444 g/mol. The number of benzene rings is 3. The van der Waals surface area contributed by atoms with E-state index in [9.17, 15) is 4.79 Å². The fourth-order valence-corrected chi connectivity index (χ4v) is 4.15. The molecule has 0 radical (unpaired) electrons. The van der Waals surface area contributed by atoms with Gasteiger partial charge in [0, 0.05) is 23.8 Å². The molecular formula is C25H22ClN5O. The number of nitrogens with zero attached hydrogens (tertiary/aromatic N) is 4. The minimum absolute atomic E-state index is 0.0740. The first kappa shape index (κ1) is 20.4. The van der Waals surface area contributed by atoms with Crippen LogP contribution in [0.4, 0.5) is 5.69 Å². The Balaban J connectivity index is 1.45. The van der Waals surface area contributed by atoms with Crippen molar-refractivity contribution in [1.29, 1.82) is 0 Å². The van der Waals surface area contributed by atoms with Gasteiger partial charge in [-0.15, -0.1) is 5.10 Å². The summed E-state index contributed by atoms with van der Waals surface area (Å²) in [5.74, 6) is -0.0740. The van der Waals surface area contributed by atoms with Crippen molar-refractivity contribution in [1.82, 2.24) is 20.3 Å². The van der Waals surface area contributed by atoms with Gasteiger partial charge >= 0.3 is 0 Å². The van der Waals surface area contributed by atoms with E-state index in [-0.39, 0.29) is 12.5 Å². The van der Waals surface area contributed by atoms with E-state index in [1.54, 1.807) is 9.58 Å². The van der Waals surface area contributed by atoms with Crippen LogP contribution in [0.2, 0.25) is 5.02 Å². The van der Waals surface area contributed by atoms with Crippen LogP contribution in [0, 0.1) is 0 Å². The molecule has 6 nitrogen and oxygen atoms in total. The number of anilines is 1. The Morgan fingerprint density at radius 2 is 1.91 bits per heavy atom. The lowest BCUT2D eigenvalue weighted by Crippen LogP contribution is -2.33. The molecule has 1 N–H and O–H groups in total. The SMILES string of the molecule is O=C(Cn1nnc2ccccc21)N(Cc1cccc(Cl)c1)c1ccc(C2=CCNC2)cc1. The number of para-hydroxylation sites is 1. The van der Waals surface area contributed by atoms with Crippen LogP contribution in [-0.4, -0.2) is 34.0 Å².